The van der Waals surface area contributed by atoms with Crippen LogP contribution in [0.25, 0.3) is 0 Å². The van der Waals surface area contributed by atoms with Crippen LogP contribution in [0.1, 0.15) is 30.7 Å². The van der Waals surface area contributed by atoms with E-state index in [4.69, 9.17) is 5.11 Å². The van der Waals surface area contributed by atoms with Gasteiger partial charge in [0.2, 0.25) is 5.91 Å². The van der Waals surface area contributed by atoms with Crippen molar-refractivity contribution < 1.29 is 19.1 Å². The van der Waals surface area contributed by atoms with Gasteiger partial charge in [0.15, 0.2) is 0 Å². The van der Waals surface area contributed by atoms with Gasteiger partial charge in [-0.15, -0.1) is 0 Å². The minimum absolute atomic E-state index is 0.0114. The maximum atomic E-state index is 14.2. The van der Waals surface area contributed by atoms with Gasteiger partial charge in [-0.3, -0.25) is 9.59 Å². The summed E-state index contributed by atoms with van der Waals surface area (Å²) in [4.78, 5) is 24.6. The minimum atomic E-state index is -1.03. The van der Waals surface area contributed by atoms with Gasteiger partial charge < -0.3 is 10.0 Å². The summed E-state index contributed by atoms with van der Waals surface area (Å²) in [6, 6.07) is 9.46. The number of likely N-dealkylation sites (tertiary alicyclic amines) is 1. The number of aliphatic carboxylic acids is 1. The summed E-state index contributed by atoms with van der Waals surface area (Å²) in [6.07, 6.45) is 0.340. The number of amides is 1. The van der Waals surface area contributed by atoms with Crippen molar-refractivity contribution in [3.63, 3.8) is 0 Å². The first-order chi connectivity index (χ1) is 10.5. The topological polar surface area (TPSA) is 57.6 Å². The molecule has 22 heavy (non-hydrogen) atoms. The maximum Gasteiger partial charge on any atom is 0.303 e. The van der Waals surface area contributed by atoms with Crippen molar-refractivity contribution in [3.8, 4) is 0 Å². The van der Waals surface area contributed by atoms with E-state index in [0.29, 0.717) is 19.4 Å². The summed E-state index contributed by atoms with van der Waals surface area (Å²) in [5.74, 6) is -1.10. The number of halogens is 1. The smallest absolute Gasteiger partial charge is 0.303 e. The fourth-order valence-corrected chi connectivity index (χ4v) is 3.57. The van der Waals surface area contributed by atoms with Crippen molar-refractivity contribution >= 4 is 11.9 Å². The molecule has 0 spiro atoms. The van der Waals surface area contributed by atoms with Gasteiger partial charge in [-0.25, -0.2) is 4.39 Å². The molecule has 1 aromatic rings. The van der Waals surface area contributed by atoms with E-state index in [2.05, 4.69) is 0 Å². The van der Waals surface area contributed by atoms with E-state index in [1.807, 2.05) is 30.3 Å². The predicted octanol–water partition coefficient (Wildman–Crippen LogP) is 2.45. The normalized spacial score (nSPS) is 30.9. The third kappa shape index (κ3) is 2.98. The van der Waals surface area contributed by atoms with Gasteiger partial charge in [0.25, 0.3) is 0 Å². The summed E-state index contributed by atoms with van der Waals surface area (Å²) in [5.41, 5.74) is 0.933. The second kappa shape index (κ2) is 6.07. The van der Waals surface area contributed by atoms with Crippen molar-refractivity contribution in [2.45, 2.75) is 31.4 Å². The Balaban J connectivity index is 1.56. The molecule has 2 aliphatic rings. The second-order valence-electron chi connectivity index (χ2n) is 6.41. The molecule has 1 heterocycles. The first kappa shape index (κ1) is 15.0. The quantitative estimate of drug-likeness (QED) is 0.929. The Kier molecular flexibility index (Phi) is 4.14. The summed E-state index contributed by atoms with van der Waals surface area (Å²) in [7, 11) is 0. The zero-order chi connectivity index (χ0) is 15.7. The standard InChI is InChI=1S/C17H20FNO3/c18-15-10-19(9-14(15)12-4-2-1-3-5-12)17(22)13-6-11(7-13)8-16(20)21/h1-5,11,13-15H,6-10H2,(H,20,21)/t11?,13?,14-,15-/m1/s1. The molecule has 2 atom stereocenters. The van der Waals surface area contributed by atoms with Gasteiger partial charge in [0, 0.05) is 24.8 Å². The average molecular weight is 305 g/mol. The number of carbonyl (C=O) groups is 2. The number of carboxylic acids is 1. The minimum Gasteiger partial charge on any atom is -0.481 e. The molecule has 3 rings (SSSR count). The molecule has 1 N–H and O–H groups in total. The molecule has 1 aliphatic heterocycles. The lowest BCUT2D eigenvalue weighted by molar-refractivity contribution is -0.144. The molecular weight excluding hydrogens is 285 g/mol. The van der Waals surface area contributed by atoms with Crippen molar-refractivity contribution in [2.24, 2.45) is 11.8 Å². The van der Waals surface area contributed by atoms with Crippen LogP contribution >= 0.6 is 0 Å². The van der Waals surface area contributed by atoms with Gasteiger partial charge in [0.1, 0.15) is 6.17 Å². The van der Waals surface area contributed by atoms with Crippen molar-refractivity contribution in [1.29, 1.82) is 0 Å². The third-order valence-electron chi connectivity index (χ3n) is 4.84. The van der Waals surface area contributed by atoms with E-state index < -0.39 is 12.1 Å². The molecule has 1 amide bonds. The Labute approximate surface area is 128 Å². The van der Waals surface area contributed by atoms with Crippen LogP contribution in [-0.4, -0.2) is 41.1 Å². The summed E-state index contributed by atoms with van der Waals surface area (Å²) < 4.78 is 14.2. The van der Waals surface area contributed by atoms with Crippen LogP contribution in [0.2, 0.25) is 0 Å². The first-order valence-electron chi connectivity index (χ1n) is 7.74. The Hall–Kier alpha value is -1.91. The Morgan fingerprint density at radius 3 is 2.50 bits per heavy atom. The fraction of sp³-hybridized carbons (Fsp3) is 0.529. The van der Waals surface area contributed by atoms with Gasteiger partial charge in [-0.05, 0) is 24.3 Å². The highest BCUT2D eigenvalue weighted by Crippen LogP contribution is 2.39. The first-order valence-corrected chi connectivity index (χ1v) is 7.74. The summed E-state index contributed by atoms with van der Waals surface area (Å²) in [6.45, 7) is 0.572. The molecule has 0 bridgehead atoms. The number of carboxylic acid groups (broad SMARTS) is 1. The maximum absolute atomic E-state index is 14.2. The van der Waals surface area contributed by atoms with Gasteiger partial charge in [-0.2, -0.15) is 0 Å². The van der Waals surface area contributed by atoms with Crippen LogP contribution in [-0.2, 0) is 9.59 Å². The highest BCUT2D eigenvalue weighted by Gasteiger charge is 2.42. The van der Waals surface area contributed by atoms with Crippen molar-refractivity contribution in [3.05, 3.63) is 35.9 Å². The number of alkyl halides is 1. The highest BCUT2D eigenvalue weighted by atomic mass is 19.1. The third-order valence-corrected chi connectivity index (χ3v) is 4.84. The van der Waals surface area contributed by atoms with Gasteiger partial charge in [0.05, 0.1) is 6.54 Å². The molecule has 2 fully saturated rings. The van der Waals surface area contributed by atoms with E-state index in [1.165, 1.54) is 0 Å². The number of hydrogen-bond donors (Lipinski definition) is 1. The fourth-order valence-electron chi connectivity index (χ4n) is 3.57. The van der Waals surface area contributed by atoms with Crippen LogP contribution in [0.4, 0.5) is 4.39 Å². The molecule has 1 saturated carbocycles. The lowest BCUT2D eigenvalue weighted by Gasteiger charge is -2.35. The van der Waals surface area contributed by atoms with Crippen LogP contribution in [0.15, 0.2) is 30.3 Å². The number of rotatable bonds is 4. The Bertz CT molecular complexity index is 556. The zero-order valence-electron chi connectivity index (χ0n) is 12.3. The molecule has 0 unspecified atom stereocenters. The predicted molar refractivity (Wildman–Crippen MR) is 79.1 cm³/mol. The Morgan fingerprint density at radius 1 is 1.18 bits per heavy atom. The van der Waals surface area contributed by atoms with Gasteiger partial charge in [-0.1, -0.05) is 30.3 Å². The van der Waals surface area contributed by atoms with E-state index in [9.17, 15) is 14.0 Å². The largest absolute Gasteiger partial charge is 0.481 e. The second-order valence-corrected chi connectivity index (χ2v) is 6.41. The number of nitrogens with zero attached hydrogens (tertiary/aromatic N) is 1. The zero-order valence-corrected chi connectivity index (χ0v) is 12.3. The van der Waals surface area contributed by atoms with Crippen molar-refractivity contribution in [1.82, 2.24) is 4.90 Å². The highest BCUT2D eigenvalue weighted by molar-refractivity contribution is 5.80. The summed E-state index contributed by atoms with van der Waals surface area (Å²) >= 11 is 0. The van der Waals surface area contributed by atoms with Gasteiger partial charge >= 0.3 is 5.97 Å². The molecule has 5 heteroatoms. The Morgan fingerprint density at radius 2 is 1.86 bits per heavy atom. The lowest BCUT2D eigenvalue weighted by atomic mass is 9.72. The molecule has 1 aromatic carbocycles. The molecule has 1 saturated heterocycles. The molecule has 4 nitrogen and oxygen atoms in total. The monoisotopic (exact) mass is 305 g/mol. The van der Waals surface area contributed by atoms with Crippen LogP contribution in [0, 0.1) is 11.8 Å². The van der Waals surface area contributed by atoms with E-state index in [1.54, 1.807) is 4.90 Å². The molecule has 0 radical (unpaired) electrons. The number of hydrogen-bond acceptors (Lipinski definition) is 2. The van der Waals surface area contributed by atoms with E-state index >= 15 is 0 Å². The molecule has 118 valence electrons. The molecule has 0 aromatic heterocycles. The molecular formula is C17H20FNO3. The SMILES string of the molecule is O=C(O)CC1CC(C(=O)N2C[C@@H](F)[C@@H](c3ccccc3)C2)C1. The van der Waals surface area contributed by atoms with Crippen molar-refractivity contribution in [2.75, 3.05) is 13.1 Å². The average Bonchev–Trinajstić information content (AvgIpc) is 2.84. The summed E-state index contributed by atoms with van der Waals surface area (Å²) in [5, 5.41) is 8.74. The van der Waals surface area contributed by atoms with E-state index in [0.717, 1.165) is 5.56 Å². The van der Waals surface area contributed by atoms with Crippen LogP contribution in [0.5, 0.6) is 0 Å². The van der Waals surface area contributed by atoms with Crippen LogP contribution < -0.4 is 0 Å². The van der Waals surface area contributed by atoms with Crippen LogP contribution in [0.3, 0.4) is 0 Å². The molecule has 1 aliphatic carbocycles. The van der Waals surface area contributed by atoms with E-state index in [-0.39, 0.29) is 36.6 Å². The number of carbonyl (C=O) groups excluding carboxylic acids is 1. The number of benzene rings is 1. The lowest BCUT2D eigenvalue weighted by Crippen LogP contribution is -2.41.